The molecule has 0 bridgehead atoms. The maximum absolute atomic E-state index is 12.2. The van der Waals surface area contributed by atoms with Crippen LogP contribution in [0.3, 0.4) is 0 Å². The lowest BCUT2D eigenvalue weighted by Crippen LogP contribution is -2.25. The molecule has 2 rings (SSSR count). The van der Waals surface area contributed by atoms with E-state index in [4.69, 9.17) is 0 Å². The van der Waals surface area contributed by atoms with E-state index in [-0.39, 0.29) is 5.91 Å². The van der Waals surface area contributed by atoms with Crippen molar-refractivity contribution < 1.29 is 4.79 Å². The summed E-state index contributed by atoms with van der Waals surface area (Å²) in [5.41, 5.74) is 4.86. The Morgan fingerprint density at radius 3 is 2.86 bits per heavy atom. The lowest BCUT2D eigenvalue weighted by molar-refractivity contribution is 0.0953. The van der Waals surface area contributed by atoms with Gasteiger partial charge in [-0.25, -0.2) is 4.98 Å². The Balaban J connectivity index is 1.81. The van der Waals surface area contributed by atoms with Crippen molar-refractivity contribution in [3.8, 4) is 0 Å². The Labute approximate surface area is 136 Å². The van der Waals surface area contributed by atoms with Gasteiger partial charge in [-0.1, -0.05) is 12.1 Å². The molecule has 4 nitrogen and oxygen atoms in total. The monoisotopic (exact) mass is 317 g/mol. The van der Waals surface area contributed by atoms with Crippen molar-refractivity contribution in [3.05, 3.63) is 51.5 Å². The van der Waals surface area contributed by atoms with Gasteiger partial charge in [0, 0.05) is 23.5 Å². The number of nitrogens with one attached hydrogen (secondary N) is 1. The summed E-state index contributed by atoms with van der Waals surface area (Å²) in [4.78, 5) is 19.8. The van der Waals surface area contributed by atoms with Crippen molar-refractivity contribution in [3.63, 3.8) is 0 Å². The molecule has 0 atom stereocenters. The predicted octanol–water partition coefficient (Wildman–Crippen LogP) is 2.88. The Morgan fingerprint density at radius 1 is 1.36 bits per heavy atom. The minimum absolute atomic E-state index is 0.00151. The number of rotatable bonds is 7. The van der Waals surface area contributed by atoms with E-state index in [1.165, 1.54) is 4.88 Å². The van der Waals surface area contributed by atoms with Crippen molar-refractivity contribution in [2.75, 3.05) is 20.6 Å². The van der Waals surface area contributed by atoms with Crippen LogP contribution in [0.5, 0.6) is 0 Å². The highest BCUT2D eigenvalue weighted by Gasteiger charge is 2.07. The van der Waals surface area contributed by atoms with Crippen LogP contribution in [-0.2, 0) is 13.0 Å². The molecule has 0 spiro atoms. The van der Waals surface area contributed by atoms with Gasteiger partial charge in [0.1, 0.15) is 0 Å². The summed E-state index contributed by atoms with van der Waals surface area (Å²) in [5.74, 6) is 0.00151. The molecule has 0 fully saturated rings. The second-order valence-electron chi connectivity index (χ2n) is 5.66. The standard InChI is InChI=1S/C17H23N3OS/c1-13-16(22-12-19-13)8-5-9-18-17(21)15-7-4-6-14(10-15)11-20(2)3/h4,6-7,10,12H,5,8-9,11H2,1-3H3,(H,18,21). The van der Waals surface area contributed by atoms with E-state index >= 15 is 0 Å². The number of hydrogen-bond donors (Lipinski definition) is 1. The first kappa shape index (κ1) is 16.6. The van der Waals surface area contributed by atoms with Gasteiger partial charge in [0.2, 0.25) is 0 Å². The number of benzene rings is 1. The lowest BCUT2D eigenvalue weighted by atomic mass is 10.1. The van der Waals surface area contributed by atoms with Crippen LogP contribution in [0.1, 0.15) is 32.9 Å². The van der Waals surface area contributed by atoms with Crippen molar-refractivity contribution in [2.45, 2.75) is 26.3 Å². The van der Waals surface area contributed by atoms with E-state index in [0.717, 1.165) is 36.2 Å². The van der Waals surface area contributed by atoms with Crippen LogP contribution >= 0.6 is 11.3 Å². The predicted molar refractivity (Wildman–Crippen MR) is 91.3 cm³/mol. The molecule has 1 amide bonds. The molecule has 1 aromatic carbocycles. The molecule has 0 aliphatic heterocycles. The number of hydrogen-bond acceptors (Lipinski definition) is 4. The topological polar surface area (TPSA) is 45.2 Å². The molecule has 0 aliphatic carbocycles. The lowest BCUT2D eigenvalue weighted by Gasteiger charge is -2.11. The van der Waals surface area contributed by atoms with E-state index in [1.807, 2.05) is 50.8 Å². The van der Waals surface area contributed by atoms with Gasteiger partial charge in [0.25, 0.3) is 5.91 Å². The summed E-state index contributed by atoms with van der Waals surface area (Å²) >= 11 is 1.68. The van der Waals surface area contributed by atoms with Crippen LogP contribution in [0.4, 0.5) is 0 Å². The largest absolute Gasteiger partial charge is 0.352 e. The first-order valence-electron chi connectivity index (χ1n) is 7.47. The Kier molecular flexibility index (Phi) is 6.10. The summed E-state index contributed by atoms with van der Waals surface area (Å²) in [6, 6.07) is 7.81. The van der Waals surface area contributed by atoms with Crippen LogP contribution in [0.15, 0.2) is 29.8 Å². The molecule has 1 aromatic heterocycles. The van der Waals surface area contributed by atoms with E-state index in [1.54, 1.807) is 11.3 Å². The number of thiazole rings is 1. The number of aromatic nitrogens is 1. The molecule has 0 saturated heterocycles. The van der Waals surface area contributed by atoms with Crippen molar-refractivity contribution in [1.82, 2.24) is 15.2 Å². The average molecular weight is 317 g/mol. The summed E-state index contributed by atoms with van der Waals surface area (Å²) in [7, 11) is 4.04. The first-order chi connectivity index (χ1) is 10.6. The van der Waals surface area contributed by atoms with Crippen molar-refractivity contribution in [1.29, 1.82) is 0 Å². The molecule has 2 aromatic rings. The SMILES string of the molecule is Cc1ncsc1CCCNC(=O)c1cccc(CN(C)C)c1. The van der Waals surface area contributed by atoms with Gasteiger partial charge in [-0.3, -0.25) is 4.79 Å². The van der Waals surface area contributed by atoms with Crippen LogP contribution in [0.2, 0.25) is 0 Å². The number of carbonyl (C=O) groups excluding carboxylic acids is 1. The molecule has 0 unspecified atom stereocenters. The van der Waals surface area contributed by atoms with Crippen LogP contribution < -0.4 is 5.32 Å². The fourth-order valence-corrected chi connectivity index (χ4v) is 3.12. The molecule has 1 N–H and O–H groups in total. The van der Waals surface area contributed by atoms with Crippen molar-refractivity contribution >= 4 is 17.2 Å². The van der Waals surface area contributed by atoms with Gasteiger partial charge in [0.15, 0.2) is 0 Å². The summed E-state index contributed by atoms with van der Waals surface area (Å²) in [6.45, 7) is 3.56. The minimum atomic E-state index is 0.00151. The summed E-state index contributed by atoms with van der Waals surface area (Å²) in [5, 5.41) is 2.99. The van der Waals surface area contributed by atoms with Gasteiger partial charge in [-0.2, -0.15) is 0 Å². The molecular weight excluding hydrogens is 294 g/mol. The highest BCUT2D eigenvalue weighted by Crippen LogP contribution is 2.14. The number of aryl methyl sites for hydroxylation is 2. The maximum Gasteiger partial charge on any atom is 0.251 e. The third-order valence-electron chi connectivity index (χ3n) is 3.40. The zero-order valence-corrected chi connectivity index (χ0v) is 14.2. The molecule has 0 radical (unpaired) electrons. The number of amides is 1. The summed E-state index contributed by atoms with van der Waals surface area (Å²) < 4.78 is 0. The zero-order valence-electron chi connectivity index (χ0n) is 13.4. The van der Waals surface area contributed by atoms with E-state index < -0.39 is 0 Å². The third kappa shape index (κ3) is 4.93. The molecule has 5 heteroatoms. The maximum atomic E-state index is 12.2. The fraction of sp³-hybridized carbons (Fsp3) is 0.412. The van der Waals surface area contributed by atoms with Crippen LogP contribution in [-0.4, -0.2) is 36.4 Å². The minimum Gasteiger partial charge on any atom is -0.352 e. The van der Waals surface area contributed by atoms with Crippen LogP contribution in [0, 0.1) is 6.92 Å². The number of nitrogens with zero attached hydrogens (tertiary/aromatic N) is 2. The molecule has 22 heavy (non-hydrogen) atoms. The second-order valence-corrected chi connectivity index (χ2v) is 6.60. The smallest absolute Gasteiger partial charge is 0.251 e. The summed E-state index contributed by atoms with van der Waals surface area (Å²) in [6.07, 6.45) is 1.91. The fourth-order valence-electron chi connectivity index (χ4n) is 2.30. The van der Waals surface area contributed by atoms with Gasteiger partial charge in [-0.05, 0) is 51.6 Å². The van der Waals surface area contributed by atoms with Gasteiger partial charge >= 0.3 is 0 Å². The Hall–Kier alpha value is -1.72. The highest BCUT2D eigenvalue weighted by molar-refractivity contribution is 7.09. The van der Waals surface area contributed by atoms with E-state index in [9.17, 15) is 4.79 Å². The zero-order chi connectivity index (χ0) is 15.9. The normalized spacial score (nSPS) is 10.9. The Morgan fingerprint density at radius 2 is 2.18 bits per heavy atom. The Bertz CT molecular complexity index is 622. The van der Waals surface area contributed by atoms with Gasteiger partial charge in [0.05, 0.1) is 11.2 Å². The van der Waals surface area contributed by atoms with Gasteiger partial charge in [-0.15, -0.1) is 11.3 Å². The van der Waals surface area contributed by atoms with Gasteiger partial charge < -0.3 is 10.2 Å². The molecule has 118 valence electrons. The molecule has 0 saturated carbocycles. The highest BCUT2D eigenvalue weighted by atomic mass is 32.1. The number of carbonyl (C=O) groups is 1. The first-order valence-corrected chi connectivity index (χ1v) is 8.35. The van der Waals surface area contributed by atoms with Crippen LogP contribution in [0.25, 0.3) is 0 Å². The quantitative estimate of drug-likeness (QED) is 0.799. The molecule has 0 aliphatic rings. The molecule has 1 heterocycles. The van der Waals surface area contributed by atoms with Crippen molar-refractivity contribution in [2.24, 2.45) is 0 Å². The molecular formula is C17H23N3OS. The third-order valence-corrected chi connectivity index (χ3v) is 4.39. The van der Waals surface area contributed by atoms with E-state index in [0.29, 0.717) is 6.54 Å². The average Bonchev–Trinajstić information content (AvgIpc) is 2.88. The van der Waals surface area contributed by atoms with E-state index in [2.05, 4.69) is 15.2 Å². The second kappa shape index (κ2) is 8.06.